The summed E-state index contributed by atoms with van der Waals surface area (Å²) in [4.78, 5) is 13.0. The lowest BCUT2D eigenvalue weighted by Crippen LogP contribution is -2.27. The Bertz CT molecular complexity index is 328. The Kier molecular flexibility index (Phi) is 3.99. The van der Waals surface area contributed by atoms with Crippen LogP contribution in [0.4, 0.5) is 0 Å². The van der Waals surface area contributed by atoms with Crippen LogP contribution in [0.15, 0.2) is 17.5 Å². The zero-order chi connectivity index (χ0) is 11.4. The first-order chi connectivity index (χ1) is 7.75. The third-order valence-electron chi connectivity index (χ3n) is 3.30. The number of rotatable bonds is 4. The summed E-state index contributed by atoms with van der Waals surface area (Å²) in [6.07, 6.45) is 5.80. The van der Waals surface area contributed by atoms with Gasteiger partial charge in [0.2, 0.25) is 5.91 Å². The van der Waals surface area contributed by atoms with E-state index in [0.29, 0.717) is 5.92 Å². The van der Waals surface area contributed by atoms with Crippen LogP contribution >= 0.6 is 11.3 Å². The Labute approximate surface area is 101 Å². The van der Waals surface area contributed by atoms with Gasteiger partial charge in [0.1, 0.15) is 0 Å². The smallest absolute Gasteiger partial charge is 0.220 e. The number of carbonyl (C=O) groups is 1. The molecule has 0 spiro atoms. The molecule has 1 unspecified atom stereocenters. The highest BCUT2D eigenvalue weighted by atomic mass is 32.1. The van der Waals surface area contributed by atoms with E-state index in [4.69, 9.17) is 0 Å². The van der Waals surface area contributed by atoms with Crippen molar-refractivity contribution < 1.29 is 4.79 Å². The van der Waals surface area contributed by atoms with Crippen molar-refractivity contribution in [2.45, 2.75) is 45.1 Å². The van der Waals surface area contributed by atoms with Crippen molar-refractivity contribution in [2.24, 2.45) is 5.92 Å². The van der Waals surface area contributed by atoms with E-state index in [0.717, 1.165) is 6.42 Å². The molecule has 16 heavy (non-hydrogen) atoms. The van der Waals surface area contributed by atoms with Crippen LogP contribution in [-0.4, -0.2) is 5.91 Å². The zero-order valence-electron chi connectivity index (χ0n) is 9.74. The van der Waals surface area contributed by atoms with Crippen molar-refractivity contribution in [3.63, 3.8) is 0 Å². The van der Waals surface area contributed by atoms with Crippen molar-refractivity contribution in [1.82, 2.24) is 5.32 Å². The summed E-state index contributed by atoms with van der Waals surface area (Å²) in [6, 6.07) is 4.26. The fourth-order valence-electron chi connectivity index (χ4n) is 2.39. The number of nitrogens with one attached hydrogen (secondary N) is 1. The van der Waals surface area contributed by atoms with E-state index in [-0.39, 0.29) is 11.9 Å². The topological polar surface area (TPSA) is 29.1 Å². The van der Waals surface area contributed by atoms with Gasteiger partial charge in [-0.15, -0.1) is 11.3 Å². The summed E-state index contributed by atoms with van der Waals surface area (Å²) in [6.45, 7) is 2.05. The standard InChI is InChI=1S/C13H19NOS/c1-10(12-7-4-8-16-12)14-13(15)9-11-5-2-3-6-11/h4,7-8,10-11H,2-3,5-6,9H2,1H3,(H,14,15). The molecule has 1 fully saturated rings. The summed E-state index contributed by atoms with van der Waals surface area (Å²) in [5.74, 6) is 0.850. The molecule has 1 saturated carbocycles. The van der Waals surface area contributed by atoms with E-state index in [1.54, 1.807) is 11.3 Å². The molecule has 0 radical (unpaired) electrons. The predicted octanol–water partition coefficient (Wildman–Crippen LogP) is 3.51. The van der Waals surface area contributed by atoms with Crippen LogP contribution in [-0.2, 0) is 4.79 Å². The Morgan fingerprint density at radius 3 is 2.94 bits per heavy atom. The second-order valence-corrected chi connectivity index (χ2v) is 5.64. The highest BCUT2D eigenvalue weighted by Crippen LogP contribution is 2.27. The van der Waals surface area contributed by atoms with Gasteiger partial charge in [0, 0.05) is 11.3 Å². The molecule has 1 amide bonds. The third-order valence-corrected chi connectivity index (χ3v) is 4.35. The molecule has 1 aromatic rings. The second kappa shape index (κ2) is 5.48. The fourth-order valence-corrected chi connectivity index (χ4v) is 3.12. The minimum atomic E-state index is 0.161. The first-order valence-corrected chi connectivity index (χ1v) is 6.96. The number of amides is 1. The maximum atomic E-state index is 11.8. The predicted molar refractivity (Wildman–Crippen MR) is 67.5 cm³/mol. The molecule has 2 nitrogen and oxygen atoms in total. The Hall–Kier alpha value is -0.830. The molecular weight excluding hydrogens is 218 g/mol. The SMILES string of the molecule is CC(NC(=O)CC1CCCC1)c1cccs1. The summed E-state index contributed by atoms with van der Waals surface area (Å²) < 4.78 is 0. The number of hydrogen-bond donors (Lipinski definition) is 1. The van der Waals surface area contributed by atoms with Crippen molar-refractivity contribution in [3.8, 4) is 0 Å². The van der Waals surface area contributed by atoms with Gasteiger partial charge in [-0.3, -0.25) is 4.79 Å². The molecule has 0 aliphatic heterocycles. The van der Waals surface area contributed by atoms with E-state index >= 15 is 0 Å². The molecule has 0 aromatic carbocycles. The van der Waals surface area contributed by atoms with Gasteiger partial charge in [-0.05, 0) is 37.1 Å². The van der Waals surface area contributed by atoms with Crippen molar-refractivity contribution in [2.75, 3.05) is 0 Å². The van der Waals surface area contributed by atoms with Crippen molar-refractivity contribution in [3.05, 3.63) is 22.4 Å². The second-order valence-electron chi connectivity index (χ2n) is 4.66. The van der Waals surface area contributed by atoms with E-state index in [1.807, 2.05) is 6.07 Å². The summed E-state index contributed by atoms with van der Waals surface area (Å²) in [5.41, 5.74) is 0. The monoisotopic (exact) mass is 237 g/mol. The van der Waals surface area contributed by atoms with Crippen LogP contribution in [0, 0.1) is 5.92 Å². The summed E-state index contributed by atoms with van der Waals surface area (Å²) in [5, 5.41) is 5.13. The lowest BCUT2D eigenvalue weighted by Gasteiger charge is -2.14. The maximum Gasteiger partial charge on any atom is 0.220 e. The summed E-state index contributed by atoms with van der Waals surface area (Å²) >= 11 is 1.70. The maximum absolute atomic E-state index is 11.8. The average Bonchev–Trinajstić information content (AvgIpc) is 2.88. The Balaban J connectivity index is 1.78. The molecule has 1 N–H and O–H groups in total. The van der Waals surface area contributed by atoms with Gasteiger partial charge in [-0.1, -0.05) is 18.9 Å². The lowest BCUT2D eigenvalue weighted by atomic mass is 10.0. The van der Waals surface area contributed by atoms with Crippen LogP contribution in [0.1, 0.15) is 49.9 Å². The summed E-state index contributed by atoms with van der Waals surface area (Å²) in [7, 11) is 0. The average molecular weight is 237 g/mol. The minimum Gasteiger partial charge on any atom is -0.349 e. The van der Waals surface area contributed by atoms with Crippen LogP contribution in [0.2, 0.25) is 0 Å². The van der Waals surface area contributed by atoms with E-state index < -0.39 is 0 Å². The van der Waals surface area contributed by atoms with E-state index in [9.17, 15) is 4.79 Å². The van der Waals surface area contributed by atoms with Gasteiger partial charge in [-0.25, -0.2) is 0 Å². The molecule has 1 aromatic heterocycles. The molecule has 1 heterocycles. The molecule has 1 atom stereocenters. The van der Waals surface area contributed by atoms with Gasteiger partial charge in [-0.2, -0.15) is 0 Å². The molecule has 3 heteroatoms. The van der Waals surface area contributed by atoms with Crippen LogP contribution < -0.4 is 5.32 Å². The van der Waals surface area contributed by atoms with Gasteiger partial charge < -0.3 is 5.32 Å². The van der Waals surface area contributed by atoms with Gasteiger partial charge in [0.05, 0.1) is 6.04 Å². The Morgan fingerprint density at radius 1 is 1.56 bits per heavy atom. The lowest BCUT2D eigenvalue weighted by molar-refractivity contribution is -0.122. The first kappa shape index (κ1) is 11.6. The fraction of sp³-hybridized carbons (Fsp3) is 0.615. The Morgan fingerprint density at radius 2 is 2.31 bits per heavy atom. The first-order valence-electron chi connectivity index (χ1n) is 6.08. The molecule has 2 rings (SSSR count). The largest absolute Gasteiger partial charge is 0.349 e. The van der Waals surface area contributed by atoms with Crippen LogP contribution in [0.25, 0.3) is 0 Å². The molecule has 1 aliphatic carbocycles. The van der Waals surface area contributed by atoms with E-state index in [2.05, 4.69) is 23.7 Å². The van der Waals surface area contributed by atoms with Crippen LogP contribution in [0.5, 0.6) is 0 Å². The quantitative estimate of drug-likeness (QED) is 0.853. The van der Waals surface area contributed by atoms with Gasteiger partial charge in [0.25, 0.3) is 0 Å². The van der Waals surface area contributed by atoms with Gasteiger partial charge >= 0.3 is 0 Å². The van der Waals surface area contributed by atoms with Crippen molar-refractivity contribution in [1.29, 1.82) is 0 Å². The molecular formula is C13H19NOS. The third kappa shape index (κ3) is 3.08. The minimum absolute atomic E-state index is 0.161. The highest BCUT2D eigenvalue weighted by molar-refractivity contribution is 7.10. The van der Waals surface area contributed by atoms with Gasteiger partial charge in [0.15, 0.2) is 0 Å². The zero-order valence-corrected chi connectivity index (χ0v) is 10.6. The molecule has 1 aliphatic rings. The number of carbonyl (C=O) groups excluding carboxylic acids is 1. The molecule has 88 valence electrons. The normalized spacial score (nSPS) is 18.6. The number of thiophene rings is 1. The highest BCUT2D eigenvalue weighted by Gasteiger charge is 2.19. The van der Waals surface area contributed by atoms with Crippen molar-refractivity contribution >= 4 is 17.2 Å². The van der Waals surface area contributed by atoms with E-state index in [1.165, 1.54) is 30.6 Å². The molecule has 0 bridgehead atoms. The van der Waals surface area contributed by atoms with Crippen LogP contribution in [0.3, 0.4) is 0 Å². The number of hydrogen-bond acceptors (Lipinski definition) is 2. The molecule has 0 saturated heterocycles.